The average molecular weight is 486 g/mol. The molecule has 0 N–H and O–H groups in total. The lowest BCUT2D eigenvalue weighted by Gasteiger charge is -2.34. The first-order valence-corrected chi connectivity index (χ1v) is 12.4. The van der Waals surface area contributed by atoms with Crippen molar-refractivity contribution < 1.29 is 14.3 Å². The highest BCUT2D eigenvalue weighted by atomic mass is 16.6. The van der Waals surface area contributed by atoms with E-state index in [1.54, 1.807) is 21.3 Å². The number of aryl methyl sites for hydroxylation is 1. The molecule has 4 aromatic rings. The third-order valence-electron chi connectivity index (χ3n) is 7.19. The Bertz CT molecular complexity index is 1560. The third kappa shape index (κ3) is 3.54. The Hall–Kier alpha value is -4.14. The van der Waals surface area contributed by atoms with Crippen LogP contribution in [0.2, 0.25) is 0 Å². The van der Waals surface area contributed by atoms with Gasteiger partial charge in [-0.2, -0.15) is 0 Å². The first-order chi connectivity index (χ1) is 17.6. The van der Waals surface area contributed by atoms with Gasteiger partial charge in [0.1, 0.15) is 6.54 Å². The standard InChI is InChI=1S/C27H27N5O4/c1-2-36-27(35)30-15-13-29(14-16-30)23(33)17-32-22-10-6-4-7-18(22)19-11-12-31-25(24(19)32)28-21-9-5-3-8-20(21)26(31)34/h3-10H,2,11-17H2,1H3. The highest BCUT2D eigenvalue weighted by molar-refractivity contribution is 5.94. The Morgan fingerprint density at radius 3 is 2.39 bits per heavy atom. The van der Waals surface area contributed by atoms with Gasteiger partial charge in [0.05, 0.1) is 23.2 Å². The first-order valence-electron chi connectivity index (χ1n) is 12.4. The number of carbonyl (C=O) groups is 2. The molecular weight excluding hydrogens is 458 g/mol. The van der Waals surface area contributed by atoms with Gasteiger partial charge in [0, 0.05) is 43.6 Å². The van der Waals surface area contributed by atoms with E-state index in [0.717, 1.165) is 22.2 Å². The Morgan fingerprint density at radius 1 is 0.917 bits per heavy atom. The summed E-state index contributed by atoms with van der Waals surface area (Å²) in [5.41, 5.74) is 3.51. The molecule has 1 fully saturated rings. The summed E-state index contributed by atoms with van der Waals surface area (Å²) in [6.45, 7) is 4.60. The van der Waals surface area contributed by atoms with E-state index in [0.29, 0.717) is 62.5 Å². The molecule has 36 heavy (non-hydrogen) atoms. The van der Waals surface area contributed by atoms with Crippen molar-refractivity contribution in [2.45, 2.75) is 26.4 Å². The van der Waals surface area contributed by atoms with Crippen LogP contribution in [0.5, 0.6) is 0 Å². The zero-order chi connectivity index (χ0) is 24.8. The zero-order valence-corrected chi connectivity index (χ0v) is 20.1. The number of piperazine rings is 1. The summed E-state index contributed by atoms with van der Waals surface area (Å²) in [6, 6.07) is 15.4. The minimum absolute atomic E-state index is 0.0256. The van der Waals surface area contributed by atoms with Gasteiger partial charge in [-0.3, -0.25) is 14.2 Å². The number of ether oxygens (including phenoxy) is 1. The minimum atomic E-state index is -0.338. The van der Waals surface area contributed by atoms with Gasteiger partial charge in [0.25, 0.3) is 5.56 Å². The number of rotatable bonds is 3. The molecule has 0 radical (unpaired) electrons. The smallest absolute Gasteiger partial charge is 0.409 e. The maximum atomic E-state index is 13.5. The molecule has 184 valence electrons. The van der Waals surface area contributed by atoms with E-state index in [-0.39, 0.29) is 24.1 Å². The van der Waals surface area contributed by atoms with Gasteiger partial charge in [-0.1, -0.05) is 30.3 Å². The Kier molecular flexibility index (Phi) is 5.47. The number of amides is 2. The predicted octanol–water partition coefficient (Wildman–Crippen LogP) is 2.88. The molecular formula is C27H27N5O4. The lowest BCUT2D eigenvalue weighted by molar-refractivity contribution is -0.133. The molecule has 2 aliphatic rings. The van der Waals surface area contributed by atoms with Crippen LogP contribution in [-0.2, 0) is 29.0 Å². The number of carbonyl (C=O) groups excluding carboxylic acids is 2. The van der Waals surface area contributed by atoms with Gasteiger partial charge in [-0.05, 0) is 37.1 Å². The van der Waals surface area contributed by atoms with Crippen LogP contribution in [-0.4, -0.2) is 68.7 Å². The highest BCUT2D eigenvalue weighted by Crippen LogP contribution is 2.36. The van der Waals surface area contributed by atoms with Crippen LogP contribution in [0.15, 0.2) is 53.3 Å². The fraction of sp³-hybridized carbons (Fsp3) is 0.333. The van der Waals surface area contributed by atoms with Gasteiger partial charge in [-0.25, -0.2) is 9.78 Å². The maximum absolute atomic E-state index is 13.5. The number of fused-ring (bicyclic) bond motifs is 6. The SMILES string of the molecule is CCOC(=O)N1CCN(C(=O)Cn2c3c(c4ccccc42)CCn2c-3nc3ccccc3c2=O)CC1. The van der Waals surface area contributed by atoms with E-state index in [4.69, 9.17) is 9.72 Å². The fourth-order valence-corrected chi connectivity index (χ4v) is 5.42. The predicted molar refractivity (Wildman–Crippen MR) is 136 cm³/mol. The van der Waals surface area contributed by atoms with Crippen molar-refractivity contribution in [3.8, 4) is 11.5 Å². The van der Waals surface area contributed by atoms with Gasteiger partial charge in [0.15, 0.2) is 5.82 Å². The molecule has 2 aliphatic heterocycles. The second kappa shape index (κ2) is 8.82. The summed E-state index contributed by atoms with van der Waals surface area (Å²) in [5.74, 6) is 0.582. The van der Waals surface area contributed by atoms with Crippen molar-refractivity contribution in [3.05, 3.63) is 64.4 Å². The summed E-state index contributed by atoms with van der Waals surface area (Å²) < 4.78 is 8.84. The molecule has 1 saturated heterocycles. The molecule has 0 unspecified atom stereocenters. The first kappa shape index (κ1) is 22.3. The van der Waals surface area contributed by atoms with Crippen molar-refractivity contribution in [1.82, 2.24) is 23.9 Å². The van der Waals surface area contributed by atoms with Gasteiger partial charge in [-0.15, -0.1) is 0 Å². The fourth-order valence-electron chi connectivity index (χ4n) is 5.42. The molecule has 0 bridgehead atoms. The number of nitrogens with zero attached hydrogens (tertiary/aromatic N) is 5. The zero-order valence-electron chi connectivity index (χ0n) is 20.1. The Balaban J connectivity index is 1.39. The van der Waals surface area contributed by atoms with Crippen LogP contribution < -0.4 is 5.56 Å². The molecule has 0 spiro atoms. The average Bonchev–Trinajstić information content (AvgIpc) is 3.23. The summed E-state index contributed by atoms with van der Waals surface area (Å²) in [7, 11) is 0. The van der Waals surface area contributed by atoms with E-state index in [1.807, 2.05) is 47.0 Å². The normalized spacial score (nSPS) is 15.1. The number of benzene rings is 2. The summed E-state index contributed by atoms with van der Waals surface area (Å²) in [4.78, 5) is 47.1. The quantitative estimate of drug-likeness (QED) is 0.445. The molecule has 9 nitrogen and oxygen atoms in total. The van der Waals surface area contributed by atoms with Crippen molar-refractivity contribution in [1.29, 1.82) is 0 Å². The second-order valence-corrected chi connectivity index (χ2v) is 9.16. The van der Waals surface area contributed by atoms with Crippen LogP contribution in [0.3, 0.4) is 0 Å². The Labute approximate surface area is 207 Å². The van der Waals surface area contributed by atoms with Crippen LogP contribution in [0.1, 0.15) is 12.5 Å². The molecule has 4 heterocycles. The van der Waals surface area contributed by atoms with E-state index in [2.05, 4.69) is 6.07 Å². The molecule has 2 aromatic carbocycles. The summed E-state index contributed by atoms with van der Waals surface area (Å²) >= 11 is 0. The number of aromatic nitrogens is 3. The third-order valence-corrected chi connectivity index (χ3v) is 7.19. The monoisotopic (exact) mass is 485 g/mol. The van der Waals surface area contributed by atoms with Crippen LogP contribution in [0.25, 0.3) is 33.3 Å². The number of hydrogen-bond acceptors (Lipinski definition) is 5. The van der Waals surface area contributed by atoms with Crippen molar-refractivity contribution >= 4 is 33.8 Å². The highest BCUT2D eigenvalue weighted by Gasteiger charge is 2.30. The summed E-state index contributed by atoms with van der Waals surface area (Å²) in [6.07, 6.45) is 0.359. The van der Waals surface area contributed by atoms with Crippen LogP contribution in [0, 0.1) is 0 Å². The molecule has 9 heteroatoms. The Morgan fingerprint density at radius 2 is 1.61 bits per heavy atom. The number of para-hydroxylation sites is 2. The molecule has 6 rings (SSSR count). The van der Waals surface area contributed by atoms with Gasteiger partial charge in [0.2, 0.25) is 5.91 Å². The molecule has 0 aliphatic carbocycles. The van der Waals surface area contributed by atoms with Crippen LogP contribution in [0.4, 0.5) is 4.79 Å². The summed E-state index contributed by atoms with van der Waals surface area (Å²) in [5, 5.41) is 1.68. The van der Waals surface area contributed by atoms with Gasteiger partial charge < -0.3 is 19.1 Å². The maximum Gasteiger partial charge on any atom is 0.409 e. The largest absolute Gasteiger partial charge is 0.450 e. The van der Waals surface area contributed by atoms with Crippen molar-refractivity contribution in [2.75, 3.05) is 32.8 Å². The van der Waals surface area contributed by atoms with E-state index in [1.165, 1.54) is 0 Å². The lowest BCUT2D eigenvalue weighted by atomic mass is 10.0. The van der Waals surface area contributed by atoms with Crippen molar-refractivity contribution in [2.24, 2.45) is 0 Å². The number of hydrogen-bond donors (Lipinski definition) is 0. The topological polar surface area (TPSA) is 89.7 Å². The second-order valence-electron chi connectivity index (χ2n) is 9.16. The van der Waals surface area contributed by atoms with E-state index >= 15 is 0 Å². The minimum Gasteiger partial charge on any atom is -0.450 e. The van der Waals surface area contributed by atoms with Gasteiger partial charge >= 0.3 is 6.09 Å². The molecule has 0 atom stereocenters. The van der Waals surface area contributed by atoms with E-state index < -0.39 is 0 Å². The lowest BCUT2D eigenvalue weighted by Crippen LogP contribution is -2.51. The van der Waals surface area contributed by atoms with Crippen LogP contribution >= 0.6 is 0 Å². The van der Waals surface area contributed by atoms with Crippen molar-refractivity contribution in [3.63, 3.8) is 0 Å². The molecule has 2 aromatic heterocycles. The molecule has 2 amide bonds. The molecule has 0 saturated carbocycles. The van der Waals surface area contributed by atoms with E-state index in [9.17, 15) is 14.4 Å².